The largest absolute Gasteiger partial charge is 0.371 e. The molecule has 2 atom stereocenters. The molecule has 0 aliphatic carbocycles. The van der Waals surface area contributed by atoms with E-state index in [1.165, 1.54) is 6.07 Å². The van der Waals surface area contributed by atoms with E-state index in [0.717, 1.165) is 10.9 Å². The van der Waals surface area contributed by atoms with Crippen molar-refractivity contribution in [1.29, 1.82) is 0 Å². The van der Waals surface area contributed by atoms with E-state index < -0.39 is 6.04 Å². The molecule has 3 nitrogen and oxygen atoms in total. The summed E-state index contributed by atoms with van der Waals surface area (Å²) in [7, 11) is 0. The minimum Gasteiger partial charge on any atom is -0.371 e. The van der Waals surface area contributed by atoms with Gasteiger partial charge in [0.25, 0.3) is 0 Å². The summed E-state index contributed by atoms with van der Waals surface area (Å²) < 4.78 is 14.3. The zero-order valence-electron chi connectivity index (χ0n) is 10.8. The summed E-state index contributed by atoms with van der Waals surface area (Å²) in [5.41, 5.74) is 0.316. The highest BCUT2D eigenvalue weighted by Crippen LogP contribution is 2.20. The van der Waals surface area contributed by atoms with Gasteiger partial charge in [-0.05, 0) is 38.5 Å². The second-order valence-electron chi connectivity index (χ2n) is 4.31. The third kappa shape index (κ3) is 4.29. The van der Waals surface area contributed by atoms with Crippen molar-refractivity contribution in [3.8, 4) is 0 Å². The predicted molar refractivity (Wildman–Crippen MR) is 75.1 cm³/mol. The number of rotatable bonds is 5. The highest BCUT2D eigenvalue weighted by atomic mass is 79.9. The van der Waals surface area contributed by atoms with Gasteiger partial charge in [-0.2, -0.15) is 0 Å². The Kier molecular flexibility index (Phi) is 5.59. The lowest BCUT2D eigenvalue weighted by atomic mass is 10.2. The molecule has 0 aromatic heterocycles. The first-order valence-electron chi connectivity index (χ1n) is 5.96. The lowest BCUT2D eigenvalue weighted by Gasteiger charge is -2.18. The quantitative estimate of drug-likeness (QED) is 0.875. The molecule has 0 radical (unpaired) electrons. The van der Waals surface area contributed by atoms with Crippen molar-refractivity contribution in [2.75, 3.05) is 5.32 Å². The topological polar surface area (TPSA) is 41.1 Å². The van der Waals surface area contributed by atoms with Crippen LogP contribution in [0.1, 0.15) is 27.2 Å². The molecule has 100 valence electrons. The van der Waals surface area contributed by atoms with Gasteiger partial charge in [0.05, 0.1) is 5.69 Å². The van der Waals surface area contributed by atoms with Gasteiger partial charge in [-0.15, -0.1) is 0 Å². The number of nitrogens with one attached hydrogen (secondary N) is 2. The Bertz CT molecular complexity index is 425. The monoisotopic (exact) mass is 316 g/mol. The van der Waals surface area contributed by atoms with Crippen LogP contribution in [0.5, 0.6) is 0 Å². The number of amides is 1. The molecule has 2 unspecified atom stereocenters. The van der Waals surface area contributed by atoms with Crippen LogP contribution in [0.15, 0.2) is 22.7 Å². The number of carbonyl (C=O) groups excluding carboxylic acids is 1. The number of halogens is 2. The molecule has 0 spiro atoms. The zero-order valence-corrected chi connectivity index (χ0v) is 12.3. The molecule has 1 rings (SSSR count). The van der Waals surface area contributed by atoms with Gasteiger partial charge in [0.1, 0.15) is 11.9 Å². The average Bonchev–Trinajstić information content (AvgIpc) is 2.33. The van der Waals surface area contributed by atoms with Gasteiger partial charge >= 0.3 is 0 Å². The van der Waals surface area contributed by atoms with Gasteiger partial charge < -0.3 is 10.6 Å². The summed E-state index contributed by atoms with van der Waals surface area (Å²) in [6, 6.07) is 4.22. The summed E-state index contributed by atoms with van der Waals surface area (Å²) >= 11 is 3.27. The minimum absolute atomic E-state index is 0.120. The molecule has 0 aliphatic heterocycles. The number of carbonyl (C=O) groups is 1. The van der Waals surface area contributed by atoms with E-state index in [9.17, 15) is 9.18 Å². The first-order valence-corrected chi connectivity index (χ1v) is 6.75. The van der Waals surface area contributed by atoms with Crippen LogP contribution in [-0.4, -0.2) is 18.0 Å². The standard InChI is InChI=1S/C13H18BrFN2O/c1-4-8(2)16-13(18)9(3)17-12-7-10(14)5-6-11(12)15/h5-9,17H,4H2,1-3H3,(H,16,18). The van der Waals surface area contributed by atoms with E-state index in [0.29, 0.717) is 5.69 Å². The van der Waals surface area contributed by atoms with Gasteiger partial charge in [-0.1, -0.05) is 22.9 Å². The molecule has 0 bridgehead atoms. The summed E-state index contributed by atoms with van der Waals surface area (Å²) in [5, 5.41) is 5.71. The summed E-state index contributed by atoms with van der Waals surface area (Å²) in [5.74, 6) is -0.509. The fraction of sp³-hybridized carbons (Fsp3) is 0.462. The predicted octanol–water partition coefficient (Wildman–Crippen LogP) is 3.30. The third-order valence-electron chi connectivity index (χ3n) is 2.69. The molecule has 0 aliphatic rings. The molecule has 5 heteroatoms. The summed E-state index contributed by atoms with van der Waals surface area (Å²) in [6.45, 7) is 5.64. The van der Waals surface area contributed by atoms with Gasteiger partial charge in [-0.3, -0.25) is 4.79 Å². The first kappa shape index (κ1) is 15.0. The van der Waals surface area contributed by atoms with Crippen molar-refractivity contribution in [2.24, 2.45) is 0 Å². The molecule has 0 saturated heterocycles. The molecule has 18 heavy (non-hydrogen) atoms. The molecule has 1 amide bonds. The molecule has 1 aromatic rings. The van der Waals surface area contributed by atoms with Crippen LogP contribution in [0.2, 0.25) is 0 Å². The molecule has 0 heterocycles. The Balaban J connectivity index is 2.66. The van der Waals surface area contributed by atoms with Gasteiger partial charge in [0, 0.05) is 10.5 Å². The van der Waals surface area contributed by atoms with Crippen molar-refractivity contribution in [3.63, 3.8) is 0 Å². The summed E-state index contributed by atoms with van der Waals surface area (Å²) in [4.78, 5) is 11.8. The van der Waals surface area contributed by atoms with Crippen LogP contribution in [0.4, 0.5) is 10.1 Å². The van der Waals surface area contributed by atoms with Crippen molar-refractivity contribution in [2.45, 2.75) is 39.3 Å². The van der Waals surface area contributed by atoms with Crippen LogP contribution >= 0.6 is 15.9 Å². The van der Waals surface area contributed by atoms with Crippen LogP contribution in [0.3, 0.4) is 0 Å². The first-order chi connectivity index (χ1) is 8.43. The van der Waals surface area contributed by atoms with E-state index in [4.69, 9.17) is 0 Å². The fourth-order valence-electron chi connectivity index (χ4n) is 1.38. The van der Waals surface area contributed by atoms with Gasteiger partial charge in [0.15, 0.2) is 0 Å². The zero-order chi connectivity index (χ0) is 13.7. The molecular formula is C13H18BrFN2O. The second kappa shape index (κ2) is 6.73. The molecule has 0 fully saturated rings. The Morgan fingerprint density at radius 3 is 2.72 bits per heavy atom. The molecule has 1 aromatic carbocycles. The Morgan fingerprint density at radius 2 is 2.11 bits per heavy atom. The van der Waals surface area contributed by atoms with Gasteiger partial charge in [-0.25, -0.2) is 4.39 Å². The maximum Gasteiger partial charge on any atom is 0.242 e. The Hall–Kier alpha value is -1.10. The maximum atomic E-state index is 13.5. The van der Waals surface area contributed by atoms with Crippen molar-refractivity contribution in [3.05, 3.63) is 28.5 Å². The lowest BCUT2D eigenvalue weighted by molar-refractivity contribution is -0.122. The average molecular weight is 317 g/mol. The molecule has 0 saturated carbocycles. The highest BCUT2D eigenvalue weighted by Gasteiger charge is 2.15. The Labute approximate surface area is 115 Å². The highest BCUT2D eigenvalue weighted by molar-refractivity contribution is 9.10. The second-order valence-corrected chi connectivity index (χ2v) is 5.22. The van der Waals surface area contributed by atoms with Crippen molar-refractivity contribution in [1.82, 2.24) is 5.32 Å². The van der Waals surface area contributed by atoms with Crippen LogP contribution < -0.4 is 10.6 Å². The normalized spacial score (nSPS) is 13.8. The van der Waals surface area contributed by atoms with Crippen LogP contribution in [0.25, 0.3) is 0 Å². The van der Waals surface area contributed by atoms with Gasteiger partial charge in [0.2, 0.25) is 5.91 Å². The smallest absolute Gasteiger partial charge is 0.242 e. The number of hydrogen-bond donors (Lipinski definition) is 2. The van der Waals surface area contributed by atoms with Crippen LogP contribution in [0, 0.1) is 5.82 Å². The Morgan fingerprint density at radius 1 is 1.44 bits per heavy atom. The van der Waals surface area contributed by atoms with Crippen LogP contribution in [-0.2, 0) is 4.79 Å². The number of benzene rings is 1. The molecular weight excluding hydrogens is 299 g/mol. The maximum absolute atomic E-state index is 13.5. The van der Waals surface area contributed by atoms with Crippen molar-refractivity contribution < 1.29 is 9.18 Å². The van der Waals surface area contributed by atoms with Crippen molar-refractivity contribution >= 4 is 27.5 Å². The lowest BCUT2D eigenvalue weighted by Crippen LogP contribution is -2.42. The number of anilines is 1. The minimum atomic E-state index is -0.484. The van der Waals surface area contributed by atoms with E-state index >= 15 is 0 Å². The third-order valence-corrected chi connectivity index (χ3v) is 3.19. The van der Waals surface area contributed by atoms with E-state index in [-0.39, 0.29) is 17.8 Å². The van der Waals surface area contributed by atoms with E-state index in [2.05, 4.69) is 26.6 Å². The van der Waals surface area contributed by atoms with E-state index in [1.807, 2.05) is 13.8 Å². The SMILES string of the molecule is CCC(C)NC(=O)C(C)Nc1cc(Br)ccc1F. The summed E-state index contributed by atoms with van der Waals surface area (Å²) in [6.07, 6.45) is 0.865. The molecule has 2 N–H and O–H groups in total. The number of hydrogen-bond acceptors (Lipinski definition) is 2. The van der Waals surface area contributed by atoms with E-state index in [1.54, 1.807) is 19.1 Å². The fourth-order valence-corrected chi connectivity index (χ4v) is 1.74.